The molecule has 1 amide bonds. The normalized spacial score (nSPS) is 10.9. The summed E-state index contributed by atoms with van der Waals surface area (Å²) in [4.78, 5) is 34.6. The van der Waals surface area contributed by atoms with Crippen LogP contribution < -0.4 is 9.47 Å². The molecule has 0 spiro atoms. The maximum atomic E-state index is 12.8. The molecule has 0 unspecified atom stereocenters. The number of ether oxygens (including phenoxy) is 2. The highest BCUT2D eigenvalue weighted by molar-refractivity contribution is 5.78. The molecule has 10 heteroatoms. The van der Waals surface area contributed by atoms with E-state index in [9.17, 15) is 14.7 Å². The van der Waals surface area contributed by atoms with Crippen LogP contribution in [-0.2, 0) is 24.2 Å². The summed E-state index contributed by atoms with van der Waals surface area (Å²) in [7, 11) is 1.53. The Morgan fingerprint density at radius 2 is 1.68 bits per heavy atom. The van der Waals surface area contributed by atoms with Gasteiger partial charge < -0.3 is 23.4 Å². The van der Waals surface area contributed by atoms with E-state index >= 15 is 0 Å². The molecule has 0 saturated heterocycles. The highest BCUT2D eigenvalue weighted by Gasteiger charge is 2.20. The van der Waals surface area contributed by atoms with Crippen molar-refractivity contribution in [3.8, 4) is 23.0 Å². The predicted molar refractivity (Wildman–Crippen MR) is 145 cm³/mol. The van der Waals surface area contributed by atoms with Crippen molar-refractivity contribution in [2.45, 2.75) is 26.3 Å². The average molecular weight is 542 g/mol. The summed E-state index contributed by atoms with van der Waals surface area (Å²) in [5, 5.41) is 9.35. The van der Waals surface area contributed by atoms with Crippen molar-refractivity contribution in [2.24, 2.45) is 0 Å². The van der Waals surface area contributed by atoms with Gasteiger partial charge in [-0.15, -0.1) is 0 Å². The molecule has 1 N–H and O–H groups in total. The Kier molecular flexibility index (Phi) is 7.77. The van der Waals surface area contributed by atoms with Crippen LogP contribution >= 0.6 is 0 Å². The molecule has 10 nitrogen and oxygen atoms in total. The number of fused-ring (bicyclic) bond motifs is 1. The van der Waals surface area contributed by atoms with Crippen molar-refractivity contribution >= 4 is 23.2 Å². The number of aliphatic carboxylic acids is 1. The second-order valence-electron chi connectivity index (χ2n) is 9.09. The van der Waals surface area contributed by atoms with Gasteiger partial charge in [0.2, 0.25) is 5.89 Å². The number of aromatic nitrogens is 2. The van der Waals surface area contributed by atoms with Gasteiger partial charge >= 0.3 is 12.1 Å². The molecule has 0 aliphatic heterocycles. The van der Waals surface area contributed by atoms with Crippen molar-refractivity contribution in [3.63, 3.8) is 0 Å². The number of aryl methyl sites for hydroxylation is 3. The highest BCUT2D eigenvalue weighted by atomic mass is 16.6. The summed E-state index contributed by atoms with van der Waals surface area (Å²) in [5.74, 6) is 1.59. The van der Waals surface area contributed by atoms with Crippen LogP contribution in [0.2, 0.25) is 0 Å². The van der Waals surface area contributed by atoms with Gasteiger partial charge in [0.05, 0.1) is 12.8 Å². The molecule has 2 heterocycles. The SMILES string of the molecule is COc1ccc(OC(=O)N(CC(=O)O)Cc2ccc3oc(CCc4nc(-c5ccccc5)oc4C)nc3c2)cc1. The van der Waals surface area contributed by atoms with E-state index in [1.807, 2.05) is 37.3 Å². The van der Waals surface area contributed by atoms with Gasteiger partial charge in [-0.25, -0.2) is 14.8 Å². The molecule has 0 atom stereocenters. The molecule has 0 fully saturated rings. The first-order chi connectivity index (χ1) is 19.4. The number of carboxylic acid groups (broad SMARTS) is 1. The largest absolute Gasteiger partial charge is 0.497 e. The van der Waals surface area contributed by atoms with E-state index in [-0.39, 0.29) is 12.3 Å². The van der Waals surface area contributed by atoms with Crippen LogP contribution in [0.5, 0.6) is 11.5 Å². The van der Waals surface area contributed by atoms with Gasteiger partial charge in [0.1, 0.15) is 29.3 Å². The predicted octanol–water partition coefficient (Wildman–Crippen LogP) is 5.67. The van der Waals surface area contributed by atoms with Crippen LogP contribution in [0.4, 0.5) is 4.79 Å². The Bertz CT molecular complexity index is 1620. The van der Waals surface area contributed by atoms with E-state index in [0.29, 0.717) is 47.0 Å². The zero-order valence-electron chi connectivity index (χ0n) is 22.0. The number of rotatable bonds is 10. The van der Waals surface area contributed by atoms with Crippen molar-refractivity contribution in [1.29, 1.82) is 0 Å². The Morgan fingerprint density at radius 1 is 0.925 bits per heavy atom. The van der Waals surface area contributed by atoms with Crippen molar-refractivity contribution in [2.75, 3.05) is 13.7 Å². The van der Waals surface area contributed by atoms with Gasteiger partial charge in [-0.05, 0) is 61.0 Å². The Morgan fingerprint density at radius 3 is 2.40 bits per heavy atom. The third-order valence-electron chi connectivity index (χ3n) is 6.21. The third kappa shape index (κ3) is 6.29. The minimum Gasteiger partial charge on any atom is -0.497 e. The smallest absolute Gasteiger partial charge is 0.416 e. The Balaban J connectivity index is 1.26. The molecule has 0 radical (unpaired) electrons. The van der Waals surface area contributed by atoms with Crippen LogP contribution in [-0.4, -0.2) is 45.7 Å². The zero-order valence-corrected chi connectivity index (χ0v) is 22.0. The quantitative estimate of drug-likeness (QED) is 0.238. The van der Waals surface area contributed by atoms with Crippen LogP contribution in [0, 0.1) is 6.92 Å². The number of oxazole rings is 2. The van der Waals surface area contributed by atoms with Gasteiger partial charge in [0, 0.05) is 24.9 Å². The third-order valence-corrected chi connectivity index (χ3v) is 6.21. The van der Waals surface area contributed by atoms with Gasteiger partial charge in [-0.2, -0.15) is 0 Å². The molecule has 5 aromatic rings. The van der Waals surface area contributed by atoms with Crippen LogP contribution in [0.1, 0.15) is 22.9 Å². The summed E-state index contributed by atoms with van der Waals surface area (Å²) in [6.45, 7) is 1.37. The first-order valence-corrected chi connectivity index (χ1v) is 12.6. The van der Waals surface area contributed by atoms with E-state index in [0.717, 1.165) is 21.9 Å². The lowest BCUT2D eigenvalue weighted by molar-refractivity contribution is -0.138. The van der Waals surface area contributed by atoms with Gasteiger partial charge in [-0.3, -0.25) is 9.69 Å². The van der Waals surface area contributed by atoms with Crippen LogP contribution in [0.15, 0.2) is 81.6 Å². The maximum absolute atomic E-state index is 12.8. The number of amides is 1. The average Bonchev–Trinajstić information content (AvgIpc) is 3.54. The molecule has 0 bridgehead atoms. The lowest BCUT2D eigenvalue weighted by atomic mass is 10.2. The molecule has 5 rings (SSSR count). The van der Waals surface area contributed by atoms with E-state index < -0.39 is 18.6 Å². The van der Waals surface area contributed by atoms with Crippen molar-refractivity contribution < 1.29 is 33.0 Å². The highest BCUT2D eigenvalue weighted by Crippen LogP contribution is 2.24. The standard InChI is InChI=1S/C30H27N3O7/c1-19-24(32-29(38-19)21-6-4-3-5-7-21)13-15-27-31-25-16-20(8-14-26(25)40-27)17-33(18-28(34)35)30(36)39-23-11-9-22(37-2)10-12-23/h3-12,14,16H,13,15,17-18H2,1-2H3,(H,34,35). The molecule has 3 aromatic carbocycles. The fraction of sp³-hybridized carbons (Fsp3) is 0.200. The molecule has 204 valence electrons. The summed E-state index contributed by atoms with van der Waals surface area (Å²) in [5.41, 5.74) is 3.62. The second-order valence-corrected chi connectivity index (χ2v) is 9.09. The summed E-state index contributed by atoms with van der Waals surface area (Å²) >= 11 is 0. The summed E-state index contributed by atoms with van der Waals surface area (Å²) in [6.07, 6.45) is 0.322. The number of benzene rings is 3. The number of hydrogen-bond acceptors (Lipinski definition) is 8. The fourth-order valence-electron chi connectivity index (χ4n) is 4.19. The fourth-order valence-corrected chi connectivity index (χ4v) is 4.19. The first kappa shape index (κ1) is 26.5. The van der Waals surface area contributed by atoms with E-state index in [1.54, 1.807) is 42.5 Å². The lowest BCUT2D eigenvalue weighted by Gasteiger charge is -2.20. The number of carbonyl (C=O) groups excluding carboxylic acids is 1. The first-order valence-electron chi connectivity index (χ1n) is 12.6. The van der Waals surface area contributed by atoms with E-state index in [4.69, 9.17) is 18.3 Å². The topological polar surface area (TPSA) is 128 Å². The molecule has 40 heavy (non-hydrogen) atoms. The van der Waals surface area contributed by atoms with Gasteiger partial charge in [-0.1, -0.05) is 24.3 Å². The summed E-state index contributed by atoms with van der Waals surface area (Å²) < 4.78 is 22.2. The van der Waals surface area contributed by atoms with Crippen LogP contribution in [0.3, 0.4) is 0 Å². The molecule has 0 aliphatic carbocycles. The second kappa shape index (κ2) is 11.7. The Hall–Kier alpha value is -5.12. The minimum absolute atomic E-state index is 0.0137. The van der Waals surface area contributed by atoms with Crippen LogP contribution in [0.25, 0.3) is 22.6 Å². The molecular weight excluding hydrogens is 514 g/mol. The lowest BCUT2D eigenvalue weighted by Crippen LogP contribution is -2.37. The number of methoxy groups -OCH3 is 1. The number of carboxylic acids is 1. The van der Waals surface area contributed by atoms with E-state index in [1.165, 1.54) is 7.11 Å². The van der Waals surface area contributed by atoms with Crippen molar-refractivity contribution in [3.05, 3.63) is 95.7 Å². The number of nitrogens with zero attached hydrogens (tertiary/aromatic N) is 3. The van der Waals surface area contributed by atoms with Gasteiger partial charge in [0.25, 0.3) is 0 Å². The molecule has 0 aliphatic rings. The summed E-state index contributed by atoms with van der Waals surface area (Å²) in [6, 6.07) is 21.4. The zero-order chi connectivity index (χ0) is 28.1. The monoisotopic (exact) mass is 541 g/mol. The molecular formula is C30H27N3O7. The maximum Gasteiger partial charge on any atom is 0.416 e. The number of hydrogen-bond donors (Lipinski definition) is 1. The molecule has 2 aromatic heterocycles. The molecule has 0 saturated carbocycles. The van der Waals surface area contributed by atoms with Gasteiger partial charge in [0.15, 0.2) is 11.5 Å². The number of carbonyl (C=O) groups is 2. The minimum atomic E-state index is -1.16. The Labute approximate surface area is 229 Å². The van der Waals surface area contributed by atoms with Crippen molar-refractivity contribution in [1.82, 2.24) is 14.9 Å². The van der Waals surface area contributed by atoms with E-state index in [2.05, 4.69) is 9.97 Å².